The summed E-state index contributed by atoms with van der Waals surface area (Å²) in [5.41, 5.74) is 3.05. The smallest absolute Gasteiger partial charge is 0.334 e. The summed E-state index contributed by atoms with van der Waals surface area (Å²) in [5.74, 6) is -0.597. The number of hydrogen-bond donors (Lipinski definition) is 1. The fourth-order valence-corrected chi connectivity index (χ4v) is 5.51. The Morgan fingerprint density at radius 3 is 2.56 bits per heavy atom. The van der Waals surface area contributed by atoms with Crippen LogP contribution in [0.25, 0.3) is 10.9 Å². The molecule has 0 saturated carbocycles. The molecule has 0 radical (unpaired) electrons. The first-order chi connectivity index (χ1) is 18.9. The molecule has 0 saturated heterocycles. The van der Waals surface area contributed by atoms with Crippen molar-refractivity contribution in [3.05, 3.63) is 116 Å². The number of para-hydroxylation sites is 1. The van der Waals surface area contributed by atoms with Crippen LogP contribution in [0.3, 0.4) is 0 Å². The van der Waals surface area contributed by atoms with Crippen LogP contribution in [-0.2, 0) is 0 Å². The first kappa shape index (κ1) is 26.4. The number of rotatable bonds is 7. The van der Waals surface area contributed by atoms with Crippen LogP contribution in [0.5, 0.6) is 0 Å². The molecule has 2 aromatic heterocycles. The Labute approximate surface area is 237 Å². The van der Waals surface area contributed by atoms with Crippen LogP contribution < -0.4 is 5.32 Å². The molecule has 5 aromatic rings. The molecule has 1 atom stereocenters. The lowest BCUT2D eigenvalue weighted by atomic mass is 9.91. The second kappa shape index (κ2) is 11.3. The van der Waals surface area contributed by atoms with E-state index in [1.54, 1.807) is 42.6 Å². The molecule has 0 aliphatic heterocycles. The zero-order valence-corrected chi connectivity index (χ0v) is 22.6. The molecule has 0 fully saturated rings. The van der Waals surface area contributed by atoms with Crippen molar-refractivity contribution in [2.75, 3.05) is 5.32 Å². The zero-order valence-electron chi connectivity index (χ0n) is 20.3. The average molecular weight is 573 g/mol. The number of nitrogens with one attached hydrogen (secondary N) is 1. The van der Waals surface area contributed by atoms with E-state index in [4.69, 9.17) is 23.2 Å². The van der Waals surface area contributed by atoms with E-state index in [1.165, 1.54) is 6.33 Å². The van der Waals surface area contributed by atoms with E-state index in [1.807, 2.05) is 37.3 Å². The van der Waals surface area contributed by atoms with E-state index in [-0.39, 0.29) is 16.5 Å². The van der Waals surface area contributed by atoms with Crippen LogP contribution in [0.2, 0.25) is 10.0 Å². The molecular formula is C28H18Cl2N6O2S. The van der Waals surface area contributed by atoms with Gasteiger partial charge in [-0.1, -0.05) is 71.4 Å². The Morgan fingerprint density at radius 1 is 1.05 bits per heavy atom. The van der Waals surface area contributed by atoms with Gasteiger partial charge in [0.25, 0.3) is 0 Å². The largest absolute Gasteiger partial charge is 0.343 e. The highest BCUT2D eigenvalue weighted by Crippen LogP contribution is 2.41. The maximum absolute atomic E-state index is 12.2. The van der Waals surface area contributed by atoms with E-state index in [0.717, 1.165) is 38.7 Å². The van der Waals surface area contributed by atoms with Crippen LogP contribution in [0.15, 0.2) is 89.2 Å². The first-order valence-electron chi connectivity index (χ1n) is 11.6. The summed E-state index contributed by atoms with van der Waals surface area (Å²) in [6, 6.07) is 22.1. The van der Waals surface area contributed by atoms with Gasteiger partial charge in [-0.15, -0.1) is 0 Å². The summed E-state index contributed by atoms with van der Waals surface area (Å²) in [6.45, 7) is 1.82. The molecule has 0 aliphatic carbocycles. The first-order valence-corrected chi connectivity index (χ1v) is 13.2. The summed E-state index contributed by atoms with van der Waals surface area (Å²) in [5, 5.41) is 27.1. The normalized spacial score (nSPS) is 11.6. The van der Waals surface area contributed by atoms with Crippen molar-refractivity contribution in [1.82, 2.24) is 15.0 Å². The minimum absolute atomic E-state index is 0.0205. The number of pyridine rings is 1. The van der Waals surface area contributed by atoms with Crippen molar-refractivity contribution >= 4 is 63.1 Å². The quantitative estimate of drug-likeness (QED) is 0.118. The van der Waals surface area contributed by atoms with Gasteiger partial charge in [0, 0.05) is 32.2 Å². The van der Waals surface area contributed by atoms with Gasteiger partial charge < -0.3 is 5.32 Å². The lowest BCUT2D eigenvalue weighted by molar-refractivity contribution is -0.387. The second-order valence-corrected chi connectivity index (χ2v) is 10.4. The molecule has 11 heteroatoms. The molecule has 1 N–H and O–H groups in total. The number of aromatic nitrogens is 3. The third-order valence-corrected chi connectivity index (χ3v) is 7.63. The number of aryl methyl sites for hydroxylation is 1. The van der Waals surface area contributed by atoms with Crippen molar-refractivity contribution < 1.29 is 4.92 Å². The van der Waals surface area contributed by atoms with Crippen LogP contribution >= 0.6 is 35.0 Å². The molecule has 0 spiro atoms. The molecule has 8 nitrogen and oxygen atoms in total. The lowest BCUT2D eigenvalue weighted by Crippen LogP contribution is -2.05. The van der Waals surface area contributed by atoms with Crippen molar-refractivity contribution in [3.63, 3.8) is 0 Å². The van der Waals surface area contributed by atoms with E-state index in [0.29, 0.717) is 21.3 Å². The third-order valence-electron chi connectivity index (χ3n) is 6.01. The topological polar surface area (TPSA) is 118 Å². The minimum atomic E-state index is -0.617. The number of hydrogen-bond acceptors (Lipinski definition) is 8. The summed E-state index contributed by atoms with van der Waals surface area (Å²) in [4.78, 5) is 25.2. The number of nitrogens with zero attached hydrogens (tertiary/aromatic N) is 5. The Balaban J connectivity index is 1.50. The second-order valence-electron chi connectivity index (χ2n) is 8.49. The molecule has 39 heavy (non-hydrogen) atoms. The van der Waals surface area contributed by atoms with Crippen LogP contribution in [-0.4, -0.2) is 19.9 Å². The molecular weight excluding hydrogens is 555 g/mol. The fourth-order valence-electron chi connectivity index (χ4n) is 4.12. The standard InChI is InChI=1S/C28H18Cl2N6O2S/c1-16-12-20(21(14-31)17-7-9-19(29)10-8-17)22(30)13-23(16)35-27-26(36(37)38)28(34-15-33-27)39-24-6-2-4-18-5-3-11-32-25(18)24/h2-13,15,21H,1H3,(H,33,34,35). The summed E-state index contributed by atoms with van der Waals surface area (Å²) in [7, 11) is 0. The van der Waals surface area contributed by atoms with E-state index in [9.17, 15) is 15.4 Å². The van der Waals surface area contributed by atoms with Gasteiger partial charge in [0.05, 0.1) is 22.4 Å². The molecule has 0 bridgehead atoms. The van der Waals surface area contributed by atoms with Gasteiger partial charge in [0.2, 0.25) is 5.82 Å². The maximum Gasteiger partial charge on any atom is 0.343 e. The van der Waals surface area contributed by atoms with Crippen molar-refractivity contribution in [3.8, 4) is 6.07 Å². The van der Waals surface area contributed by atoms with Crippen molar-refractivity contribution in [1.29, 1.82) is 5.26 Å². The predicted octanol–water partition coefficient (Wildman–Crippen LogP) is 8.10. The minimum Gasteiger partial charge on any atom is -0.334 e. The highest BCUT2D eigenvalue weighted by atomic mass is 35.5. The monoisotopic (exact) mass is 572 g/mol. The number of halogens is 2. The molecule has 0 amide bonds. The molecule has 0 aliphatic rings. The lowest BCUT2D eigenvalue weighted by Gasteiger charge is -2.16. The van der Waals surface area contributed by atoms with Gasteiger partial charge >= 0.3 is 5.69 Å². The summed E-state index contributed by atoms with van der Waals surface area (Å²) < 4.78 is 0. The predicted molar refractivity (Wildman–Crippen MR) is 153 cm³/mol. The van der Waals surface area contributed by atoms with E-state index in [2.05, 4.69) is 26.3 Å². The van der Waals surface area contributed by atoms with E-state index >= 15 is 0 Å². The van der Waals surface area contributed by atoms with Crippen LogP contribution in [0, 0.1) is 28.4 Å². The maximum atomic E-state index is 12.2. The summed E-state index contributed by atoms with van der Waals surface area (Å²) in [6.07, 6.45) is 2.95. The number of benzene rings is 3. The van der Waals surface area contributed by atoms with Gasteiger partial charge in [-0.05, 0) is 53.9 Å². The highest BCUT2D eigenvalue weighted by molar-refractivity contribution is 7.99. The zero-order chi connectivity index (χ0) is 27.5. The highest BCUT2D eigenvalue weighted by Gasteiger charge is 2.26. The number of nitro groups is 1. The van der Waals surface area contributed by atoms with E-state index < -0.39 is 10.8 Å². The van der Waals surface area contributed by atoms with Gasteiger partial charge in [-0.3, -0.25) is 15.1 Å². The van der Waals surface area contributed by atoms with Crippen LogP contribution in [0.4, 0.5) is 17.2 Å². The molecule has 2 heterocycles. The molecule has 1 unspecified atom stereocenters. The Hall–Kier alpha value is -4.23. The Morgan fingerprint density at radius 2 is 1.82 bits per heavy atom. The van der Waals surface area contributed by atoms with Gasteiger partial charge in [0.15, 0.2) is 5.03 Å². The summed E-state index contributed by atoms with van der Waals surface area (Å²) >= 11 is 13.8. The van der Waals surface area contributed by atoms with Gasteiger partial charge in [0.1, 0.15) is 6.33 Å². The van der Waals surface area contributed by atoms with Gasteiger partial charge in [-0.2, -0.15) is 5.26 Å². The number of nitriles is 1. The third kappa shape index (κ3) is 5.49. The van der Waals surface area contributed by atoms with Crippen LogP contribution in [0.1, 0.15) is 22.6 Å². The fraction of sp³-hybridized carbons (Fsp3) is 0.0714. The molecule has 192 valence electrons. The molecule has 5 rings (SSSR count). The molecule has 3 aromatic carbocycles. The number of fused-ring (bicyclic) bond motifs is 1. The SMILES string of the molecule is Cc1cc(C(C#N)c2ccc(Cl)cc2)c(Cl)cc1Nc1ncnc(Sc2cccc3cccnc23)c1[N+](=O)[O-]. The van der Waals surface area contributed by atoms with Crippen molar-refractivity contribution in [2.45, 2.75) is 22.8 Å². The number of anilines is 2. The Bertz CT molecular complexity index is 1750. The van der Waals surface area contributed by atoms with Crippen molar-refractivity contribution in [2.24, 2.45) is 0 Å². The Kier molecular flexibility index (Phi) is 7.61. The van der Waals surface area contributed by atoms with Gasteiger partial charge in [-0.25, -0.2) is 9.97 Å². The average Bonchev–Trinajstić information content (AvgIpc) is 2.93.